The van der Waals surface area contributed by atoms with Crippen molar-refractivity contribution in [3.63, 3.8) is 0 Å². The first-order valence-electron chi connectivity index (χ1n) is 9.67. The van der Waals surface area contributed by atoms with Crippen LogP contribution in [0, 0.1) is 0 Å². The second-order valence-corrected chi connectivity index (χ2v) is 6.64. The summed E-state index contributed by atoms with van der Waals surface area (Å²) in [6, 6.07) is 14.5. The molecule has 0 unspecified atom stereocenters. The molecule has 31 heavy (non-hydrogen) atoms. The summed E-state index contributed by atoms with van der Waals surface area (Å²) in [5.74, 6) is 0.817. The molecule has 8 nitrogen and oxygen atoms in total. The van der Waals surface area contributed by atoms with Gasteiger partial charge >= 0.3 is 0 Å². The van der Waals surface area contributed by atoms with E-state index in [2.05, 4.69) is 10.9 Å². The molecule has 0 atom stereocenters. The summed E-state index contributed by atoms with van der Waals surface area (Å²) in [4.78, 5) is 24.9. The largest absolute Gasteiger partial charge is 0.493 e. The number of nitrogens with zero attached hydrogens (tertiary/aromatic N) is 1. The van der Waals surface area contributed by atoms with E-state index < -0.39 is 5.91 Å². The van der Waals surface area contributed by atoms with Crippen LogP contribution < -0.4 is 25.1 Å². The number of hydrogen-bond acceptors (Lipinski definition) is 5. The molecule has 0 spiro atoms. The molecule has 1 heterocycles. The van der Waals surface area contributed by atoms with Crippen molar-refractivity contribution in [2.75, 3.05) is 21.3 Å². The molecule has 3 rings (SSSR count). The molecule has 0 aliphatic heterocycles. The fraction of sp³-hybridized carbons (Fsp3) is 0.217. The van der Waals surface area contributed by atoms with Crippen LogP contribution in [0.5, 0.6) is 17.2 Å². The van der Waals surface area contributed by atoms with Crippen LogP contribution in [0.3, 0.4) is 0 Å². The van der Waals surface area contributed by atoms with E-state index >= 15 is 0 Å². The molecule has 2 amide bonds. The number of ether oxygens (including phenoxy) is 3. The van der Waals surface area contributed by atoms with Gasteiger partial charge in [-0.3, -0.25) is 20.4 Å². The van der Waals surface area contributed by atoms with E-state index in [1.165, 1.54) is 21.3 Å². The number of carbonyl (C=O) groups is 2. The van der Waals surface area contributed by atoms with Gasteiger partial charge in [0.25, 0.3) is 5.91 Å². The van der Waals surface area contributed by atoms with Crippen LogP contribution in [0.15, 0.2) is 60.9 Å². The van der Waals surface area contributed by atoms with E-state index in [9.17, 15) is 9.59 Å². The van der Waals surface area contributed by atoms with Crippen molar-refractivity contribution in [2.24, 2.45) is 0 Å². The Morgan fingerprint density at radius 2 is 1.52 bits per heavy atom. The highest BCUT2D eigenvalue weighted by molar-refractivity contribution is 5.98. The van der Waals surface area contributed by atoms with Crippen molar-refractivity contribution in [3.8, 4) is 22.9 Å². The summed E-state index contributed by atoms with van der Waals surface area (Å²) in [7, 11) is 4.61. The first kappa shape index (κ1) is 21.8. The Kier molecular flexibility index (Phi) is 7.16. The fourth-order valence-corrected chi connectivity index (χ4v) is 3.18. The minimum Gasteiger partial charge on any atom is -0.493 e. The molecule has 0 aliphatic rings. The third kappa shape index (κ3) is 5.16. The fourth-order valence-electron chi connectivity index (χ4n) is 3.18. The highest BCUT2D eigenvalue weighted by Gasteiger charge is 2.15. The Balaban J connectivity index is 1.60. The Labute approximate surface area is 180 Å². The molecule has 0 aliphatic carbocycles. The molecule has 0 saturated heterocycles. The standard InChI is InChI=1S/C23H25N3O5/c1-29-19-14-16(15-20(30-2)22(19)31-3)10-11-21(27)24-25-23(28)17-8-4-5-9-18(17)26-12-6-7-13-26/h4-9,12-15H,10-11H2,1-3H3,(H,24,27)(H,25,28). The number of rotatable bonds is 8. The molecule has 0 fully saturated rings. The van der Waals surface area contributed by atoms with Gasteiger partial charge in [0.05, 0.1) is 32.6 Å². The van der Waals surface area contributed by atoms with Gasteiger partial charge in [-0.25, -0.2) is 0 Å². The Hall–Kier alpha value is -3.94. The number of amides is 2. The molecular formula is C23H25N3O5. The van der Waals surface area contributed by atoms with Crippen LogP contribution in [0.4, 0.5) is 0 Å². The lowest BCUT2D eigenvalue weighted by atomic mass is 10.1. The molecule has 2 N–H and O–H groups in total. The maximum Gasteiger partial charge on any atom is 0.271 e. The summed E-state index contributed by atoms with van der Waals surface area (Å²) in [6.45, 7) is 0. The summed E-state index contributed by atoms with van der Waals surface area (Å²) < 4.78 is 17.8. The van der Waals surface area contributed by atoms with E-state index in [-0.39, 0.29) is 12.3 Å². The molecular weight excluding hydrogens is 398 g/mol. The van der Waals surface area contributed by atoms with Gasteiger partial charge in [0, 0.05) is 18.8 Å². The zero-order valence-corrected chi connectivity index (χ0v) is 17.7. The van der Waals surface area contributed by atoms with E-state index in [0.29, 0.717) is 29.2 Å². The lowest BCUT2D eigenvalue weighted by Crippen LogP contribution is -2.42. The van der Waals surface area contributed by atoms with Gasteiger partial charge in [-0.05, 0) is 48.4 Å². The maximum absolute atomic E-state index is 12.6. The minimum absolute atomic E-state index is 0.165. The van der Waals surface area contributed by atoms with Crippen molar-refractivity contribution in [3.05, 3.63) is 72.1 Å². The number of para-hydroxylation sites is 1. The normalized spacial score (nSPS) is 10.3. The van der Waals surface area contributed by atoms with Gasteiger partial charge in [0.2, 0.25) is 11.7 Å². The highest BCUT2D eigenvalue weighted by atomic mass is 16.5. The number of benzene rings is 2. The lowest BCUT2D eigenvalue weighted by Gasteiger charge is -2.14. The first-order chi connectivity index (χ1) is 15.1. The van der Waals surface area contributed by atoms with Crippen LogP contribution in [0.25, 0.3) is 5.69 Å². The molecule has 0 radical (unpaired) electrons. The summed E-state index contributed by atoms with van der Waals surface area (Å²) >= 11 is 0. The van der Waals surface area contributed by atoms with Gasteiger partial charge in [-0.1, -0.05) is 12.1 Å². The summed E-state index contributed by atoms with van der Waals surface area (Å²) in [5, 5.41) is 0. The number of hydrogen-bond donors (Lipinski definition) is 2. The number of nitrogens with one attached hydrogen (secondary N) is 2. The average molecular weight is 423 g/mol. The molecule has 3 aromatic rings. The topological polar surface area (TPSA) is 90.8 Å². The molecule has 0 saturated carbocycles. The van der Waals surface area contributed by atoms with Crippen molar-refractivity contribution < 1.29 is 23.8 Å². The first-order valence-corrected chi connectivity index (χ1v) is 9.67. The van der Waals surface area contributed by atoms with Crippen molar-refractivity contribution in [1.82, 2.24) is 15.4 Å². The number of carbonyl (C=O) groups excluding carboxylic acids is 2. The number of methoxy groups -OCH3 is 3. The lowest BCUT2D eigenvalue weighted by molar-refractivity contribution is -0.121. The summed E-state index contributed by atoms with van der Waals surface area (Å²) in [5.41, 5.74) is 6.96. The summed E-state index contributed by atoms with van der Waals surface area (Å²) in [6.07, 6.45) is 4.29. The Morgan fingerprint density at radius 3 is 2.13 bits per heavy atom. The molecule has 162 valence electrons. The molecule has 0 bridgehead atoms. The second kappa shape index (κ2) is 10.2. The number of hydrazine groups is 1. The molecule has 8 heteroatoms. The highest BCUT2D eigenvalue weighted by Crippen LogP contribution is 2.38. The molecule has 1 aromatic heterocycles. The minimum atomic E-state index is -0.398. The van der Waals surface area contributed by atoms with Crippen LogP contribution in [0.1, 0.15) is 22.3 Å². The molecule has 2 aromatic carbocycles. The zero-order chi connectivity index (χ0) is 22.2. The van der Waals surface area contributed by atoms with Gasteiger partial charge in [0.1, 0.15) is 0 Å². The van der Waals surface area contributed by atoms with Crippen molar-refractivity contribution in [2.45, 2.75) is 12.8 Å². The smallest absolute Gasteiger partial charge is 0.271 e. The number of aryl methyl sites for hydroxylation is 1. The van der Waals surface area contributed by atoms with E-state index in [1.807, 2.05) is 41.2 Å². The predicted molar refractivity (Wildman–Crippen MR) is 116 cm³/mol. The van der Waals surface area contributed by atoms with Gasteiger partial charge in [0.15, 0.2) is 11.5 Å². The van der Waals surface area contributed by atoms with Crippen molar-refractivity contribution in [1.29, 1.82) is 0 Å². The Bertz CT molecular complexity index is 1020. The van der Waals surface area contributed by atoms with Gasteiger partial charge in [-0.15, -0.1) is 0 Å². The predicted octanol–water partition coefficient (Wildman–Crippen LogP) is 2.90. The van der Waals surface area contributed by atoms with E-state index in [4.69, 9.17) is 14.2 Å². The zero-order valence-electron chi connectivity index (χ0n) is 17.7. The number of aromatic nitrogens is 1. The van der Waals surface area contributed by atoms with E-state index in [1.54, 1.807) is 24.3 Å². The maximum atomic E-state index is 12.6. The average Bonchev–Trinajstić information content (AvgIpc) is 3.35. The monoisotopic (exact) mass is 423 g/mol. The van der Waals surface area contributed by atoms with E-state index in [0.717, 1.165) is 11.3 Å². The van der Waals surface area contributed by atoms with Crippen molar-refractivity contribution >= 4 is 11.8 Å². The third-order valence-electron chi connectivity index (χ3n) is 4.71. The van der Waals surface area contributed by atoms with Crippen LogP contribution >= 0.6 is 0 Å². The Morgan fingerprint density at radius 1 is 0.871 bits per heavy atom. The third-order valence-corrected chi connectivity index (χ3v) is 4.71. The van der Waals surface area contributed by atoms with Crippen LogP contribution in [0.2, 0.25) is 0 Å². The van der Waals surface area contributed by atoms with Gasteiger partial charge in [-0.2, -0.15) is 0 Å². The quantitative estimate of drug-likeness (QED) is 0.544. The van der Waals surface area contributed by atoms with Crippen LogP contribution in [-0.4, -0.2) is 37.7 Å². The van der Waals surface area contributed by atoms with Crippen LogP contribution in [-0.2, 0) is 11.2 Å². The van der Waals surface area contributed by atoms with Gasteiger partial charge < -0.3 is 18.8 Å². The second-order valence-electron chi connectivity index (χ2n) is 6.64. The SMILES string of the molecule is COc1cc(CCC(=O)NNC(=O)c2ccccc2-n2cccc2)cc(OC)c1OC.